The van der Waals surface area contributed by atoms with Crippen LogP contribution in [0, 0.1) is 5.92 Å². The molecular formula is C29H31N5O5. The minimum Gasteiger partial charge on any atom is -0.493 e. The monoisotopic (exact) mass is 529 g/mol. The first-order valence-electron chi connectivity index (χ1n) is 13.5. The van der Waals surface area contributed by atoms with E-state index in [0.717, 1.165) is 54.3 Å². The molecule has 4 heterocycles. The molecule has 0 radical (unpaired) electrons. The molecule has 6 rings (SSSR count). The number of rotatable bonds is 8. The summed E-state index contributed by atoms with van der Waals surface area (Å²) in [5.41, 5.74) is 4.36. The van der Waals surface area contributed by atoms with Crippen LogP contribution < -0.4 is 10.1 Å². The second-order valence-electron chi connectivity index (χ2n) is 10.4. The lowest BCUT2D eigenvalue weighted by Crippen LogP contribution is -2.52. The molecule has 1 atom stereocenters. The van der Waals surface area contributed by atoms with Crippen molar-refractivity contribution in [2.45, 2.75) is 51.1 Å². The van der Waals surface area contributed by atoms with Gasteiger partial charge in [-0.3, -0.25) is 19.7 Å². The van der Waals surface area contributed by atoms with Gasteiger partial charge in [0.2, 0.25) is 11.8 Å². The van der Waals surface area contributed by atoms with E-state index < -0.39 is 11.9 Å². The zero-order valence-corrected chi connectivity index (χ0v) is 21.7. The molecule has 0 bridgehead atoms. The normalized spacial score (nSPS) is 19.7. The SMILES string of the molecule is O=C1CCC(N2Cc3c(CCc4cn(-c5ccc(OCC6CCOCC6)cc5)nn4)cccc3C2=O)C(=O)N1. The standard InChI is InChI=1S/C29H31N5O5/c35-27-11-10-26(28(36)30-27)33-17-25-20(2-1-3-24(25)29(33)37)4-5-21-16-34(32-31-21)22-6-8-23(9-7-22)39-18-19-12-14-38-15-13-19/h1-3,6-9,16,19,26H,4-5,10-15,17-18H2,(H,30,35,36). The Kier molecular flexibility index (Phi) is 7.10. The molecule has 0 spiro atoms. The number of ether oxygens (including phenoxy) is 2. The van der Waals surface area contributed by atoms with E-state index in [2.05, 4.69) is 15.6 Å². The van der Waals surface area contributed by atoms with Crippen LogP contribution in [0.4, 0.5) is 0 Å². The third kappa shape index (κ3) is 5.42. The van der Waals surface area contributed by atoms with Gasteiger partial charge in [0.25, 0.3) is 5.91 Å². The van der Waals surface area contributed by atoms with Gasteiger partial charge in [0.05, 0.1) is 24.2 Å². The van der Waals surface area contributed by atoms with E-state index in [1.807, 2.05) is 42.6 Å². The topological polar surface area (TPSA) is 116 Å². The number of hydrogen-bond donors (Lipinski definition) is 1. The van der Waals surface area contributed by atoms with E-state index >= 15 is 0 Å². The lowest BCUT2D eigenvalue weighted by molar-refractivity contribution is -0.136. The number of nitrogens with zero attached hydrogens (tertiary/aromatic N) is 4. The molecule has 2 aromatic carbocycles. The predicted octanol–water partition coefficient (Wildman–Crippen LogP) is 2.62. The number of piperidine rings is 1. The van der Waals surface area contributed by atoms with E-state index in [1.165, 1.54) is 0 Å². The number of hydrogen-bond acceptors (Lipinski definition) is 7. The molecule has 10 nitrogen and oxygen atoms in total. The quantitative estimate of drug-likeness (QED) is 0.446. The van der Waals surface area contributed by atoms with Gasteiger partial charge < -0.3 is 14.4 Å². The van der Waals surface area contributed by atoms with Crippen LogP contribution >= 0.6 is 0 Å². The van der Waals surface area contributed by atoms with Crippen LogP contribution in [0.5, 0.6) is 5.75 Å². The van der Waals surface area contributed by atoms with E-state index in [0.29, 0.717) is 43.9 Å². The summed E-state index contributed by atoms with van der Waals surface area (Å²) in [6.07, 6.45) is 5.95. The molecule has 1 unspecified atom stereocenters. The Hall–Kier alpha value is -4.05. The number of carbonyl (C=O) groups excluding carboxylic acids is 3. The van der Waals surface area contributed by atoms with Crippen LogP contribution in [0.1, 0.15) is 52.9 Å². The number of benzene rings is 2. The lowest BCUT2D eigenvalue weighted by Gasteiger charge is -2.29. The summed E-state index contributed by atoms with van der Waals surface area (Å²) < 4.78 is 13.1. The summed E-state index contributed by atoms with van der Waals surface area (Å²) >= 11 is 0. The first-order chi connectivity index (χ1) is 19.0. The molecule has 3 amide bonds. The van der Waals surface area contributed by atoms with Crippen molar-refractivity contribution in [2.24, 2.45) is 5.92 Å². The smallest absolute Gasteiger partial charge is 0.255 e. The van der Waals surface area contributed by atoms with E-state index in [4.69, 9.17) is 9.47 Å². The maximum absolute atomic E-state index is 13.1. The second-order valence-corrected chi connectivity index (χ2v) is 10.4. The van der Waals surface area contributed by atoms with Crippen molar-refractivity contribution in [3.8, 4) is 11.4 Å². The lowest BCUT2D eigenvalue weighted by atomic mass is 9.99. The van der Waals surface area contributed by atoms with Crippen LogP contribution in [-0.4, -0.2) is 63.5 Å². The van der Waals surface area contributed by atoms with Crippen molar-refractivity contribution in [3.63, 3.8) is 0 Å². The summed E-state index contributed by atoms with van der Waals surface area (Å²) in [6.45, 7) is 2.70. The van der Waals surface area contributed by atoms with Crippen molar-refractivity contribution in [3.05, 3.63) is 71.0 Å². The largest absolute Gasteiger partial charge is 0.493 e. The molecule has 2 fully saturated rings. The molecular weight excluding hydrogens is 498 g/mol. The number of aryl methyl sites for hydroxylation is 2. The highest BCUT2D eigenvalue weighted by molar-refractivity contribution is 6.05. The van der Waals surface area contributed by atoms with E-state index in [1.54, 1.807) is 15.6 Å². The minimum absolute atomic E-state index is 0.160. The molecule has 1 N–H and O–H groups in total. The molecule has 1 aromatic heterocycles. The van der Waals surface area contributed by atoms with E-state index in [9.17, 15) is 14.4 Å². The van der Waals surface area contributed by atoms with Gasteiger partial charge in [-0.05, 0) is 79.5 Å². The highest BCUT2D eigenvalue weighted by Gasteiger charge is 2.39. The summed E-state index contributed by atoms with van der Waals surface area (Å²) in [4.78, 5) is 38.6. The zero-order chi connectivity index (χ0) is 26.8. The van der Waals surface area contributed by atoms with Crippen LogP contribution in [0.2, 0.25) is 0 Å². The van der Waals surface area contributed by atoms with Crippen molar-refractivity contribution >= 4 is 17.7 Å². The summed E-state index contributed by atoms with van der Waals surface area (Å²) in [7, 11) is 0. The van der Waals surface area contributed by atoms with Gasteiger partial charge in [-0.1, -0.05) is 17.3 Å². The van der Waals surface area contributed by atoms with Gasteiger partial charge >= 0.3 is 0 Å². The fourth-order valence-electron chi connectivity index (χ4n) is 5.51. The summed E-state index contributed by atoms with van der Waals surface area (Å²) in [6, 6.07) is 12.9. The average molecular weight is 530 g/mol. The first kappa shape index (κ1) is 25.2. The average Bonchev–Trinajstić information content (AvgIpc) is 3.57. The summed E-state index contributed by atoms with van der Waals surface area (Å²) in [5, 5.41) is 11.0. The highest BCUT2D eigenvalue weighted by atomic mass is 16.5. The Morgan fingerprint density at radius 1 is 1.00 bits per heavy atom. The van der Waals surface area contributed by atoms with Crippen molar-refractivity contribution in [1.29, 1.82) is 0 Å². The van der Waals surface area contributed by atoms with Gasteiger partial charge in [-0.2, -0.15) is 0 Å². The molecule has 3 aliphatic heterocycles. The third-order valence-electron chi connectivity index (χ3n) is 7.80. The van der Waals surface area contributed by atoms with Crippen LogP contribution in [0.3, 0.4) is 0 Å². The zero-order valence-electron chi connectivity index (χ0n) is 21.7. The molecule has 0 aliphatic carbocycles. The van der Waals surface area contributed by atoms with Crippen molar-refractivity contribution in [2.75, 3.05) is 19.8 Å². The fourth-order valence-corrected chi connectivity index (χ4v) is 5.51. The molecule has 39 heavy (non-hydrogen) atoms. The molecule has 3 aliphatic rings. The Balaban J connectivity index is 1.07. The molecule has 0 saturated carbocycles. The Labute approximate surface area is 226 Å². The van der Waals surface area contributed by atoms with Gasteiger partial charge in [0.15, 0.2) is 0 Å². The maximum atomic E-state index is 13.1. The van der Waals surface area contributed by atoms with Gasteiger partial charge in [-0.25, -0.2) is 4.68 Å². The number of amides is 3. The minimum atomic E-state index is -0.617. The number of fused-ring (bicyclic) bond motifs is 1. The van der Waals surface area contributed by atoms with Crippen molar-refractivity contribution in [1.82, 2.24) is 25.2 Å². The van der Waals surface area contributed by atoms with Crippen LogP contribution in [0.25, 0.3) is 5.69 Å². The number of nitrogens with one attached hydrogen (secondary N) is 1. The third-order valence-corrected chi connectivity index (χ3v) is 7.80. The fraction of sp³-hybridized carbons (Fsp3) is 0.414. The van der Waals surface area contributed by atoms with Crippen LogP contribution in [0.15, 0.2) is 48.7 Å². The molecule has 10 heteroatoms. The van der Waals surface area contributed by atoms with Crippen molar-refractivity contribution < 1.29 is 23.9 Å². The Morgan fingerprint density at radius 2 is 1.82 bits per heavy atom. The van der Waals surface area contributed by atoms with E-state index in [-0.39, 0.29) is 18.2 Å². The number of carbonyl (C=O) groups is 3. The maximum Gasteiger partial charge on any atom is 0.255 e. The van der Waals surface area contributed by atoms with Gasteiger partial charge in [0, 0.05) is 31.7 Å². The highest BCUT2D eigenvalue weighted by Crippen LogP contribution is 2.30. The van der Waals surface area contributed by atoms with Crippen LogP contribution in [-0.2, 0) is 33.7 Å². The molecule has 3 aromatic rings. The van der Waals surface area contributed by atoms with Gasteiger partial charge in [-0.15, -0.1) is 5.10 Å². The van der Waals surface area contributed by atoms with Gasteiger partial charge in [0.1, 0.15) is 11.8 Å². The Bertz CT molecular complexity index is 1380. The number of aromatic nitrogens is 3. The number of imide groups is 1. The molecule has 202 valence electrons. The first-order valence-corrected chi connectivity index (χ1v) is 13.5. The predicted molar refractivity (Wildman–Crippen MR) is 140 cm³/mol. The summed E-state index contributed by atoms with van der Waals surface area (Å²) in [5.74, 6) is 0.533. The molecule has 2 saturated heterocycles. The second kappa shape index (κ2) is 11.0. The Morgan fingerprint density at radius 3 is 2.62 bits per heavy atom.